The van der Waals surface area contributed by atoms with E-state index in [9.17, 15) is 9.59 Å². The molecule has 0 radical (unpaired) electrons. The second kappa shape index (κ2) is 19.2. The lowest BCUT2D eigenvalue weighted by Gasteiger charge is -2.38. The van der Waals surface area contributed by atoms with Crippen LogP contribution in [0.15, 0.2) is 23.8 Å². The topological polar surface area (TPSA) is 101 Å². The molecule has 248 valence electrons. The van der Waals surface area contributed by atoms with Gasteiger partial charge in [-0.15, -0.1) is 0 Å². The zero-order chi connectivity index (χ0) is 33.6. The van der Waals surface area contributed by atoms with Gasteiger partial charge in [0.15, 0.2) is 33.3 Å². The van der Waals surface area contributed by atoms with E-state index < -0.39 is 57.3 Å². The van der Waals surface area contributed by atoms with Crippen LogP contribution in [-0.2, 0) is 31.4 Å². The smallest absolute Gasteiger partial charge is 0.333 e. The number of carbonyl (C=O) groups excluding carboxylic acids is 1. The maximum Gasteiger partial charge on any atom is 0.333 e. The zero-order valence-electron chi connectivity index (χ0n) is 29.6. The molecule has 0 saturated heterocycles. The average Bonchev–Trinajstić information content (AvgIpc) is 2.71. The van der Waals surface area contributed by atoms with E-state index in [0.29, 0.717) is 17.8 Å². The first-order valence-electron chi connectivity index (χ1n) is 15.1. The van der Waals surface area contributed by atoms with Gasteiger partial charge in [-0.3, -0.25) is 0 Å². The minimum absolute atomic E-state index is 0.0141. The minimum Gasteiger partial charge on any atom is -0.478 e. The van der Waals surface area contributed by atoms with Gasteiger partial charge in [-0.25, -0.2) is 9.59 Å². The predicted molar refractivity (Wildman–Crippen MR) is 192 cm³/mol. The molecule has 0 aliphatic heterocycles. The lowest BCUT2D eigenvalue weighted by Crippen LogP contribution is -2.52. The SMILES string of the molecule is C=C(C)C(=O)OCCC[SiH2]C(O[Si](C)(C)C)O[Si](C)(C)C.CC(=CCCC[Si](C)(O[Si](C)(C)C)O[Si](C)(C)C)C(=O)O. The molecule has 0 saturated carbocycles. The van der Waals surface area contributed by atoms with Gasteiger partial charge >= 0.3 is 20.5 Å². The molecule has 0 aromatic carbocycles. The number of aliphatic carboxylic acids is 1. The highest BCUT2D eigenvalue weighted by atomic mass is 28.5. The molecule has 0 aliphatic carbocycles. The first-order chi connectivity index (χ1) is 18.6. The normalized spacial score (nSPS) is 13.8. The van der Waals surface area contributed by atoms with Crippen LogP contribution in [0.5, 0.6) is 0 Å². The van der Waals surface area contributed by atoms with Gasteiger partial charge in [0.2, 0.25) is 0 Å². The highest BCUT2D eigenvalue weighted by molar-refractivity contribution is 6.87. The van der Waals surface area contributed by atoms with Crippen LogP contribution in [0.3, 0.4) is 0 Å². The van der Waals surface area contributed by atoms with Gasteiger partial charge in [-0.2, -0.15) is 0 Å². The second-order valence-electron chi connectivity index (χ2n) is 14.9. The van der Waals surface area contributed by atoms with Crippen molar-refractivity contribution in [3.8, 4) is 0 Å². The Morgan fingerprint density at radius 3 is 1.60 bits per heavy atom. The summed E-state index contributed by atoms with van der Waals surface area (Å²) in [4.78, 5) is 22.0. The van der Waals surface area contributed by atoms with E-state index in [-0.39, 0.29) is 11.9 Å². The molecule has 0 spiro atoms. The molecule has 0 unspecified atom stereocenters. The van der Waals surface area contributed by atoms with E-state index in [2.05, 4.69) is 91.7 Å². The monoisotopic (exact) mass is 696 g/mol. The van der Waals surface area contributed by atoms with Crippen LogP contribution in [0.4, 0.5) is 0 Å². The van der Waals surface area contributed by atoms with E-state index >= 15 is 0 Å². The molecule has 0 rings (SSSR count). The Morgan fingerprint density at radius 1 is 0.786 bits per heavy atom. The number of allylic oxidation sites excluding steroid dienone is 1. The van der Waals surface area contributed by atoms with Crippen molar-refractivity contribution >= 4 is 63.3 Å². The molecule has 0 heterocycles. The summed E-state index contributed by atoms with van der Waals surface area (Å²) in [5.41, 5.74) is 0.866. The minimum atomic E-state index is -2.17. The lowest BCUT2D eigenvalue weighted by molar-refractivity contribution is -0.139. The third-order valence-corrected chi connectivity index (χ3v) is 19.0. The molecule has 1 N–H and O–H groups in total. The van der Waals surface area contributed by atoms with Crippen molar-refractivity contribution in [3.63, 3.8) is 0 Å². The van der Waals surface area contributed by atoms with E-state index in [1.807, 2.05) is 0 Å². The largest absolute Gasteiger partial charge is 0.478 e. The molecular formula is C28H64O8Si6. The molecule has 8 nitrogen and oxygen atoms in total. The summed E-state index contributed by atoms with van der Waals surface area (Å²) in [5.74, 6) is -1.13. The van der Waals surface area contributed by atoms with Crippen LogP contribution < -0.4 is 0 Å². The number of esters is 1. The highest BCUT2D eigenvalue weighted by Crippen LogP contribution is 2.26. The quantitative estimate of drug-likeness (QED) is 0.0484. The number of rotatable bonds is 19. The van der Waals surface area contributed by atoms with Gasteiger partial charge in [-0.1, -0.05) is 18.7 Å². The summed E-state index contributed by atoms with van der Waals surface area (Å²) in [6.45, 7) is 35.8. The van der Waals surface area contributed by atoms with Crippen LogP contribution in [0.2, 0.25) is 97.2 Å². The Labute approximate surface area is 265 Å². The van der Waals surface area contributed by atoms with Crippen molar-refractivity contribution in [1.82, 2.24) is 0 Å². The Balaban J connectivity index is 0. The summed E-state index contributed by atoms with van der Waals surface area (Å²) in [7, 11) is -9.12. The number of carboxylic acid groups (broad SMARTS) is 1. The van der Waals surface area contributed by atoms with Crippen molar-refractivity contribution in [2.24, 2.45) is 0 Å². The fourth-order valence-corrected chi connectivity index (χ4v) is 23.0. The van der Waals surface area contributed by atoms with Crippen molar-refractivity contribution in [3.05, 3.63) is 23.8 Å². The molecule has 42 heavy (non-hydrogen) atoms. The van der Waals surface area contributed by atoms with Crippen molar-refractivity contribution < 1.29 is 36.5 Å². The molecular weight excluding hydrogens is 633 g/mol. The van der Waals surface area contributed by atoms with Crippen LogP contribution >= 0.6 is 0 Å². The Bertz CT molecular complexity index is 836. The van der Waals surface area contributed by atoms with Crippen molar-refractivity contribution in [2.45, 2.75) is 136 Å². The molecule has 0 aliphatic rings. The van der Waals surface area contributed by atoms with Gasteiger partial charge < -0.3 is 26.9 Å². The van der Waals surface area contributed by atoms with E-state index in [4.69, 9.17) is 26.9 Å². The molecule has 14 heteroatoms. The molecule has 0 atom stereocenters. The summed E-state index contributed by atoms with van der Waals surface area (Å²) in [6, 6.07) is 1.98. The average molecular weight is 697 g/mol. The molecule has 0 amide bonds. The number of carbonyl (C=O) groups is 2. The lowest BCUT2D eigenvalue weighted by atomic mass is 10.2. The highest BCUT2D eigenvalue weighted by Gasteiger charge is 2.39. The Morgan fingerprint density at radius 2 is 1.24 bits per heavy atom. The summed E-state index contributed by atoms with van der Waals surface area (Å²) in [6.07, 6.45) is 4.36. The first-order valence-corrected chi connectivity index (χ1v) is 33.1. The maximum atomic E-state index is 11.3. The van der Waals surface area contributed by atoms with Crippen molar-refractivity contribution in [1.29, 1.82) is 0 Å². The maximum absolute atomic E-state index is 11.3. The summed E-state index contributed by atoms with van der Waals surface area (Å²) in [5, 5.41) is 8.85. The molecule has 0 aromatic rings. The van der Waals surface area contributed by atoms with E-state index in [1.54, 1.807) is 19.9 Å². The zero-order valence-corrected chi connectivity index (χ0v) is 36.0. The Kier molecular flexibility index (Phi) is 19.9. The standard InChI is InChI=1S/2C14H32O4Si3/c1-13(14(15)16)11-9-10-12-21(8,17-19(2,3)4)18-20(5,6)7;1-12(2)13(15)16-10-9-11-19-14(17-20(3,4)5)18-21(6,7)8/h11H,9-10,12H2,1-8H3,(H,15,16);14H,1,9-11,19H2,2-8H3. The summed E-state index contributed by atoms with van der Waals surface area (Å²) >= 11 is 0. The first kappa shape index (κ1) is 43.7. The van der Waals surface area contributed by atoms with Gasteiger partial charge in [0.25, 0.3) is 0 Å². The number of hydrogen-bond donors (Lipinski definition) is 1. The third-order valence-electron chi connectivity index (χ3n) is 5.05. The van der Waals surface area contributed by atoms with Gasteiger partial charge in [0, 0.05) is 11.1 Å². The number of carboxylic acids is 1. The Hall–Kier alpha value is -0.439. The van der Waals surface area contributed by atoms with Crippen molar-refractivity contribution in [2.75, 3.05) is 6.61 Å². The molecule has 0 bridgehead atoms. The molecule has 0 fully saturated rings. The van der Waals surface area contributed by atoms with Crippen LogP contribution in [0.1, 0.15) is 33.1 Å². The van der Waals surface area contributed by atoms with Gasteiger partial charge in [0.1, 0.15) is 5.91 Å². The second-order valence-corrected chi connectivity index (χ2v) is 38.7. The van der Waals surface area contributed by atoms with Crippen LogP contribution in [0.25, 0.3) is 0 Å². The number of ether oxygens (including phenoxy) is 1. The van der Waals surface area contributed by atoms with Gasteiger partial charge in [0.05, 0.1) is 16.1 Å². The number of hydrogen-bond acceptors (Lipinski definition) is 7. The fourth-order valence-electron chi connectivity index (χ4n) is 3.88. The van der Waals surface area contributed by atoms with E-state index in [0.717, 1.165) is 31.4 Å². The van der Waals surface area contributed by atoms with Crippen LogP contribution in [-0.4, -0.2) is 80.9 Å². The van der Waals surface area contributed by atoms with Gasteiger partial charge in [-0.05, 0) is 124 Å². The number of unbranched alkanes of at least 4 members (excludes halogenated alkanes) is 1. The van der Waals surface area contributed by atoms with Crippen LogP contribution in [0, 0.1) is 0 Å². The molecule has 0 aromatic heterocycles. The van der Waals surface area contributed by atoms with E-state index in [1.165, 1.54) is 0 Å². The summed E-state index contributed by atoms with van der Waals surface area (Å²) < 4.78 is 30.3. The predicted octanol–water partition coefficient (Wildman–Crippen LogP) is 7.64. The third kappa shape index (κ3) is 28.3. The fraction of sp³-hybridized carbons (Fsp3) is 0.786.